The molecule has 0 aromatic carbocycles. The van der Waals surface area contributed by atoms with Crippen LogP contribution in [0.5, 0.6) is 0 Å². The summed E-state index contributed by atoms with van der Waals surface area (Å²) >= 11 is 7.94. The number of nitrogens with one attached hydrogen (secondary N) is 1. The molecule has 2 aliphatic rings. The van der Waals surface area contributed by atoms with E-state index in [2.05, 4.69) is 39.1 Å². The van der Waals surface area contributed by atoms with Gasteiger partial charge in [0.1, 0.15) is 0 Å². The highest BCUT2D eigenvalue weighted by molar-refractivity contribution is 7.16. The molecule has 1 nitrogen and oxygen atoms in total. The molecule has 1 aromatic heterocycles. The molecule has 1 heterocycles. The molecule has 0 spiro atoms. The van der Waals surface area contributed by atoms with E-state index in [0.717, 1.165) is 4.34 Å². The van der Waals surface area contributed by atoms with Gasteiger partial charge in [0.15, 0.2) is 0 Å². The number of thiophene rings is 1. The molecule has 0 aliphatic heterocycles. The molecule has 0 amide bonds. The normalized spacial score (nSPS) is 29.1. The monoisotopic (exact) mass is 283 g/mol. The number of aryl methyl sites for hydroxylation is 1. The summed E-state index contributed by atoms with van der Waals surface area (Å²) in [6.07, 6.45) is 3.75. The zero-order valence-corrected chi connectivity index (χ0v) is 13.2. The van der Waals surface area contributed by atoms with Crippen molar-refractivity contribution in [1.29, 1.82) is 0 Å². The molecule has 1 fully saturated rings. The van der Waals surface area contributed by atoms with E-state index in [1.165, 1.54) is 29.7 Å². The van der Waals surface area contributed by atoms with Crippen LogP contribution in [0.25, 0.3) is 0 Å². The molecule has 0 radical (unpaired) electrons. The van der Waals surface area contributed by atoms with Gasteiger partial charge in [-0.15, -0.1) is 11.3 Å². The maximum absolute atomic E-state index is 6.17. The highest BCUT2D eigenvalue weighted by Crippen LogP contribution is 2.63. The Morgan fingerprint density at radius 3 is 2.56 bits per heavy atom. The lowest BCUT2D eigenvalue weighted by atomic mass is 9.93. The Bertz CT molecular complexity index is 461. The number of fused-ring (bicyclic) bond motifs is 1. The number of rotatable bonds is 2. The van der Waals surface area contributed by atoms with Gasteiger partial charge in [0.25, 0.3) is 0 Å². The van der Waals surface area contributed by atoms with E-state index in [1.54, 1.807) is 11.3 Å². The van der Waals surface area contributed by atoms with Gasteiger partial charge in [-0.1, -0.05) is 39.3 Å². The van der Waals surface area contributed by atoms with Crippen molar-refractivity contribution in [2.45, 2.75) is 59.0 Å². The molecule has 1 saturated carbocycles. The van der Waals surface area contributed by atoms with Gasteiger partial charge in [0, 0.05) is 17.0 Å². The van der Waals surface area contributed by atoms with Gasteiger partial charge in [-0.25, -0.2) is 0 Å². The minimum atomic E-state index is 0.407. The minimum absolute atomic E-state index is 0.407. The highest BCUT2D eigenvalue weighted by atomic mass is 35.5. The van der Waals surface area contributed by atoms with Crippen LogP contribution in [0.2, 0.25) is 4.34 Å². The SMILES string of the molecule is CC1(C)C(NC2CCCc3sc(Cl)cc32)C1(C)C. The Hall–Kier alpha value is -0.0500. The fourth-order valence-electron chi connectivity index (χ4n) is 3.51. The van der Waals surface area contributed by atoms with Gasteiger partial charge in [0.2, 0.25) is 0 Å². The highest BCUT2D eigenvalue weighted by Gasteiger charge is 2.65. The molecule has 18 heavy (non-hydrogen) atoms. The van der Waals surface area contributed by atoms with Crippen molar-refractivity contribution in [1.82, 2.24) is 5.32 Å². The first-order chi connectivity index (χ1) is 8.34. The van der Waals surface area contributed by atoms with Crippen molar-refractivity contribution >= 4 is 22.9 Å². The smallest absolute Gasteiger partial charge is 0.0934 e. The van der Waals surface area contributed by atoms with E-state index >= 15 is 0 Å². The molecule has 1 atom stereocenters. The molecule has 100 valence electrons. The van der Waals surface area contributed by atoms with Crippen molar-refractivity contribution < 1.29 is 0 Å². The maximum Gasteiger partial charge on any atom is 0.0934 e. The number of halogens is 1. The Kier molecular flexibility index (Phi) is 2.86. The molecule has 3 heteroatoms. The molecule has 0 bridgehead atoms. The van der Waals surface area contributed by atoms with E-state index in [1.807, 2.05) is 0 Å². The summed E-state index contributed by atoms with van der Waals surface area (Å²) in [5.41, 5.74) is 2.28. The zero-order chi connectivity index (χ0) is 13.1. The standard InChI is InChI=1S/C15H22ClNS/c1-14(2)13(15(14,3)4)17-10-6-5-7-11-9(10)8-12(16)18-11/h8,10,13,17H,5-7H2,1-4H3. The molecule has 3 rings (SSSR count). The van der Waals surface area contributed by atoms with E-state index in [9.17, 15) is 0 Å². The first-order valence-corrected chi connectivity index (χ1v) is 8.07. The van der Waals surface area contributed by atoms with Crippen molar-refractivity contribution in [2.75, 3.05) is 0 Å². The maximum atomic E-state index is 6.17. The van der Waals surface area contributed by atoms with Crippen LogP contribution >= 0.6 is 22.9 Å². The second kappa shape index (κ2) is 3.97. The third kappa shape index (κ3) is 1.76. The fraction of sp³-hybridized carbons (Fsp3) is 0.733. The van der Waals surface area contributed by atoms with Crippen LogP contribution in [0.15, 0.2) is 6.07 Å². The molecular weight excluding hydrogens is 262 g/mol. The van der Waals surface area contributed by atoms with E-state index in [0.29, 0.717) is 22.9 Å². The van der Waals surface area contributed by atoms with Crippen LogP contribution in [-0.4, -0.2) is 6.04 Å². The van der Waals surface area contributed by atoms with Gasteiger partial charge in [-0.3, -0.25) is 0 Å². The van der Waals surface area contributed by atoms with Crippen LogP contribution < -0.4 is 5.32 Å². The largest absolute Gasteiger partial charge is 0.306 e. The molecule has 1 unspecified atom stereocenters. The third-order valence-electron chi connectivity index (χ3n) is 5.47. The third-order valence-corrected chi connectivity index (χ3v) is 6.81. The topological polar surface area (TPSA) is 12.0 Å². The Balaban J connectivity index is 1.80. The summed E-state index contributed by atoms with van der Waals surface area (Å²) in [4.78, 5) is 1.50. The summed E-state index contributed by atoms with van der Waals surface area (Å²) in [7, 11) is 0. The number of hydrogen-bond acceptors (Lipinski definition) is 2. The van der Waals surface area contributed by atoms with Gasteiger partial charge in [-0.2, -0.15) is 0 Å². The van der Waals surface area contributed by atoms with E-state index in [-0.39, 0.29) is 0 Å². The number of hydrogen-bond donors (Lipinski definition) is 1. The second-order valence-corrected chi connectivity index (χ2v) is 8.68. The Labute approximate surface area is 119 Å². The first-order valence-electron chi connectivity index (χ1n) is 6.88. The molecule has 1 N–H and O–H groups in total. The van der Waals surface area contributed by atoms with Gasteiger partial charge in [-0.05, 0) is 41.7 Å². The quantitative estimate of drug-likeness (QED) is 0.822. The van der Waals surface area contributed by atoms with Gasteiger partial charge >= 0.3 is 0 Å². The Morgan fingerprint density at radius 1 is 1.28 bits per heavy atom. The lowest BCUT2D eigenvalue weighted by molar-refractivity contribution is 0.424. The summed E-state index contributed by atoms with van der Waals surface area (Å²) in [5, 5.41) is 3.89. The molecule has 2 aliphatic carbocycles. The average molecular weight is 284 g/mol. The van der Waals surface area contributed by atoms with Crippen LogP contribution in [0.1, 0.15) is 57.0 Å². The van der Waals surface area contributed by atoms with Gasteiger partial charge < -0.3 is 5.32 Å². The summed E-state index contributed by atoms with van der Waals surface area (Å²) < 4.78 is 0.947. The zero-order valence-electron chi connectivity index (χ0n) is 11.6. The summed E-state index contributed by atoms with van der Waals surface area (Å²) in [6.45, 7) is 9.48. The predicted octanol–water partition coefficient (Wildman–Crippen LogP) is 4.80. The Morgan fingerprint density at radius 2 is 1.94 bits per heavy atom. The van der Waals surface area contributed by atoms with Crippen molar-refractivity contribution in [3.05, 3.63) is 20.8 Å². The lowest BCUT2D eigenvalue weighted by Gasteiger charge is -2.25. The van der Waals surface area contributed by atoms with E-state index < -0.39 is 0 Å². The van der Waals surface area contributed by atoms with Crippen molar-refractivity contribution in [3.8, 4) is 0 Å². The van der Waals surface area contributed by atoms with Crippen molar-refractivity contribution in [2.24, 2.45) is 10.8 Å². The fourth-order valence-corrected chi connectivity index (χ4v) is 4.89. The molecule has 1 aromatic rings. The minimum Gasteiger partial charge on any atom is -0.306 e. The summed E-state index contributed by atoms with van der Waals surface area (Å²) in [6, 6.07) is 3.32. The predicted molar refractivity (Wildman–Crippen MR) is 79.5 cm³/mol. The molecular formula is C15H22ClNS. The summed E-state index contributed by atoms with van der Waals surface area (Å²) in [5.74, 6) is 0. The van der Waals surface area contributed by atoms with Crippen LogP contribution in [-0.2, 0) is 6.42 Å². The van der Waals surface area contributed by atoms with Crippen molar-refractivity contribution in [3.63, 3.8) is 0 Å². The first kappa shape index (κ1) is 13.0. The van der Waals surface area contributed by atoms with Crippen LogP contribution in [0.4, 0.5) is 0 Å². The lowest BCUT2D eigenvalue weighted by Crippen LogP contribution is -2.29. The molecule has 0 saturated heterocycles. The second-order valence-electron chi connectivity index (χ2n) is 6.92. The average Bonchev–Trinajstić information content (AvgIpc) is 2.63. The van der Waals surface area contributed by atoms with E-state index in [4.69, 9.17) is 11.6 Å². The van der Waals surface area contributed by atoms with Crippen LogP contribution in [0.3, 0.4) is 0 Å². The van der Waals surface area contributed by atoms with Crippen LogP contribution in [0, 0.1) is 10.8 Å². The van der Waals surface area contributed by atoms with Gasteiger partial charge in [0.05, 0.1) is 4.34 Å².